The molecule has 1 heterocycles. The lowest BCUT2D eigenvalue weighted by Gasteiger charge is -2.02. The van der Waals surface area contributed by atoms with E-state index in [0.29, 0.717) is 11.6 Å². The molecule has 2 unspecified atom stereocenters. The van der Waals surface area contributed by atoms with Gasteiger partial charge in [-0.3, -0.25) is 0 Å². The molecule has 0 amide bonds. The van der Waals surface area contributed by atoms with Crippen LogP contribution in [0.15, 0.2) is 17.2 Å². The number of hydrogen-bond acceptors (Lipinski definition) is 3. The van der Waals surface area contributed by atoms with E-state index in [9.17, 15) is 8.42 Å². The lowest BCUT2D eigenvalue weighted by molar-refractivity contribution is 0.272. The molecule has 1 fully saturated rings. The van der Waals surface area contributed by atoms with Crippen LogP contribution in [0.3, 0.4) is 0 Å². The summed E-state index contributed by atoms with van der Waals surface area (Å²) in [4.78, 5) is 0.221. The minimum atomic E-state index is -3.42. The van der Waals surface area contributed by atoms with Gasteiger partial charge in [0, 0.05) is 25.0 Å². The van der Waals surface area contributed by atoms with Gasteiger partial charge < -0.3 is 9.67 Å². The van der Waals surface area contributed by atoms with E-state index >= 15 is 0 Å². The molecular formula is C10H16N2O3S. The first kappa shape index (κ1) is 11.6. The van der Waals surface area contributed by atoms with Crippen LogP contribution < -0.4 is 4.72 Å². The van der Waals surface area contributed by atoms with Crippen LogP contribution in [-0.4, -0.2) is 24.1 Å². The topological polar surface area (TPSA) is 71.3 Å². The second-order valence-corrected chi connectivity index (χ2v) is 6.09. The number of aromatic nitrogens is 1. The van der Waals surface area contributed by atoms with Gasteiger partial charge in [0.2, 0.25) is 10.0 Å². The fourth-order valence-corrected chi connectivity index (χ4v) is 3.09. The molecule has 0 radical (unpaired) electrons. The molecule has 1 saturated carbocycles. The van der Waals surface area contributed by atoms with Gasteiger partial charge in [-0.15, -0.1) is 0 Å². The summed E-state index contributed by atoms with van der Waals surface area (Å²) in [6, 6.07) is 1.57. The normalized spacial score (nSPS) is 24.7. The highest BCUT2D eigenvalue weighted by molar-refractivity contribution is 7.89. The summed E-state index contributed by atoms with van der Waals surface area (Å²) in [5, 5.41) is 9.00. The van der Waals surface area contributed by atoms with Crippen molar-refractivity contribution in [3.63, 3.8) is 0 Å². The first-order valence-corrected chi connectivity index (χ1v) is 6.71. The SMILES string of the molecule is CC1CC1NS(=O)(=O)c1cc(CO)n(C)c1. The Hall–Kier alpha value is -0.850. The van der Waals surface area contributed by atoms with Gasteiger partial charge in [-0.1, -0.05) is 6.92 Å². The molecule has 16 heavy (non-hydrogen) atoms. The van der Waals surface area contributed by atoms with E-state index in [0.717, 1.165) is 6.42 Å². The lowest BCUT2D eigenvalue weighted by Crippen LogP contribution is -2.26. The molecule has 1 aliphatic carbocycles. The summed E-state index contributed by atoms with van der Waals surface area (Å²) in [7, 11) is -1.71. The third-order valence-electron chi connectivity index (χ3n) is 2.97. The van der Waals surface area contributed by atoms with Crippen molar-refractivity contribution in [3.05, 3.63) is 18.0 Å². The Labute approximate surface area is 95.1 Å². The third-order valence-corrected chi connectivity index (χ3v) is 4.43. The zero-order chi connectivity index (χ0) is 11.9. The number of aliphatic hydroxyl groups is 1. The molecule has 1 aromatic heterocycles. The Morgan fingerprint density at radius 2 is 2.25 bits per heavy atom. The van der Waals surface area contributed by atoms with Crippen LogP contribution in [0, 0.1) is 5.92 Å². The Balaban J connectivity index is 2.21. The van der Waals surface area contributed by atoms with E-state index in [-0.39, 0.29) is 17.5 Å². The van der Waals surface area contributed by atoms with Gasteiger partial charge in [0.05, 0.1) is 11.5 Å². The average molecular weight is 244 g/mol. The highest BCUT2D eigenvalue weighted by Gasteiger charge is 2.36. The number of aryl methyl sites for hydroxylation is 1. The zero-order valence-electron chi connectivity index (χ0n) is 9.34. The first-order chi connectivity index (χ1) is 7.44. The Bertz CT molecular complexity index is 492. The van der Waals surface area contributed by atoms with Gasteiger partial charge in [0.15, 0.2) is 0 Å². The fraction of sp³-hybridized carbons (Fsp3) is 0.600. The Kier molecular flexibility index (Phi) is 2.81. The van der Waals surface area contributed by atoms with Crippen molar-refractivity contribution in [2.45, 2.75) is 30.9 Å². The van der Waals surface area contributed by atoms with Crippen molar-refractivity contribution in [1.29, 1.82) is 0 Å². The van der Waals surface area contributed by atoms with E-state index < -0.39 is 10.0 Å². The standard InChI is InChI=1S/C10H16N2O3S/c1-7-3-10(7)11-16(14,15)9-4-8(6-13)12(2)5-9/h4-5,7,10-11,13H,3,6H2,1-2H3. The van der Waals surface area contributed by atoms with E-state index in [4.69, 9.17) is 5.11 Å². The molecule has 6 heteroatoms. The first-order valence-electron chi connectivity index (χ1n) is 5.22. The molecule has 0 saturated heterocycles. The summed E-state index contributed by atoms with van der Waals surface area (Å²) in [6.07, 6.45) is 2.42. The molecule has 0 aromatic carbocycles. The van der Waals surface area contributed by atoms with Crippen LogP contribution in [0.2, 0.25) is 0 Å². The molecule has 5 nitrogen and oxygen atoms in total. The summed E-state index contributed by atoms with van der Waals surface area (Å²) < 4.78 is 28.1. The maximum absolute atomic E-state index is 11.9. The van der Waals surface area contributed by atoms with Gasteiger partial charge in [-0.25, -0.2) is 13.1 Å². The highest BCUT2D eigenvalue weighted by atomic mass is 32.2. The maximum Gasteiger partial charge on any atom is 0.242 e. The highest BCUT2D eigenvalue weighted by Crippen LogP contribution is 2.30. The number of aliphatic hydroxyl groups excluding tert-OH is 1. The molecule has 0 bridgehead atoms. The summed E-state index contributed by atoms with van der Waals surface area (Å²) >= 11 is 0. The van der Waals surface area contributed by atoms with Crippen LogP contribution in [0.4, 0.5) is 0 Å². The van der Waals surface area contributed by atoms with Crippen molar-refractivity contribution in [3.8, 4) is 0 Å². The average Bonchev–Trinajstić information content (AvgIpc) is 2.74. The predicted molar refractivity (Wildman–Crippen MR) is 59.2 cm³/mol. The molecule has 1 aromatic rings. The number of sulfonamides is 1. The number of rotatable bonds is 4. The molecule has 0 aliphatic heterocycles. The second kappa shape index (κ2) is 3.87. The van der Waals surface area contributed by atoms with Gasteiger partial charge in [-0.2, -0.15) is 0 Å². The largest absolute Gasteiger partial charge is 0.390 e. The van der Waals surface area contributed by atoms with Gasteiger partial charge in [-0.05, 0) is 18.4 Å². The summed E-state index contributed by atoms with van der Waals surface area (Å²) in [5.41, 5.74) is 0.587. The van der Waals surface area contributed by atoms with E-state index in [2.05, 4.69) is 4.72 Å². The van der Waals surface area contributed by atoms with Crippen LogP contribution >= 0.6 is 0 Å². The number of hydrogen-bond donors (Lipinski definition) is 2. The maximum atomic E-state index is 11.9. The van der Waals surface area contributed by atoms with Crippen molar-refractivity contribution in [2.24, 2.45) is 13.0 Å². The van der Waals surface area contributed by atoms with E-state index in [1.54, 1.807) is 11.6 Å². The third kappa shape index (κ3) is 2.14. The summed E-state index contributed by atoms with van der Waals surface area (Å²) in [5.74, 6) is 0.427. The van der Waals surface area contributed by atoms with Gasteiger partial charge in [0.1, 0.15) is 0 Å². The molecule has 2 rings (SSSR count). The van der Waals surface area contributed by atoms with Crippen LogP contribution in [0.1, 0.15) is 19.0 Å². The predicted octanol–water partition coefficient (Wildman–Crippen LogP) is 0.204. The summed E-state index contributed by atoms with van der Waals surface area (Å²) in [6.45, 7) is 1.85. The Morgan fingerprint density at radius 1 is 1.62 bits per heavy atom. The molecule has 90 valence electrons. The van der Waals surface area contributed by atoms with E-state index in [1.165, 1.54) is 12.3 Å². The van der Waals surface area contributed by atoms with Crippen molar-refractivity contribution >= 4 is 10.0 Å². The molecular weight excluding hydrogens is 228 g/mol. The zero-order valence-corrected chi connectivity index (χ0v) is 10.2. The smallest absolute Gasteiger partial charge is 0.242 e. The van der Waals surface area contributed by atoms with Crippen LogP contribution in [0.5, 0.6) is 0 Å². The van der Waals surface area contributed by atoms with Crippen molar-refractivity contribution < 1.29 is 13.5 Å². The monoisotopic (exact) mass is 244 g/mol. The molecule has 2 N–H and O–H groups in total. The quantitative estimate of drug-likeness (QED) is 0.795. The van der Waals surface area contributed by atoms with Gasteiger partial charge in [0.25, 0.3) is 0 Å². The second-order valence-electron chi connectivity index (χ2n) is 4.38. The van der Waals surface area contributed by atoms with Gasteiger partial charge >= 0.3 is 0 Å². The molecule has 2 atom stereocenters. The lowest BCUT2D eigenvalue weighted by atomic mass is 10.5. The van der Waals surface area contributed by atoms with Crippen LogP contribution in [-0.2, 0) is 23.7 Å². The minimum absolute atomic E-state index is 0.0720. The minimum Gasteiger partial charge on any atom is -0.390 e. The van der Waals surface area contributed by atoms with Crippen molar-refractivity contribution in [1.82, 2.24) is 9.29 Å². The molecule has 0 spiro atoms. The number of nitrogens with one attached hydrogen (secondary N) is 1. The van der Waals surface area contributed by atoms with Crippen LogP contribution in [0.25, 0.3) is 0 Å². The number of nitrogens with zero attached hydrogens (tertiary/aromatic N) is 1. The Morgan fingerprint density at radius 3 is 2.69 bits per heavy atom. The fourth-order valence-electron chi connectivity index (χ4n) is 1.63. The van der Waals surface area contributed by atoms with E-state index in [1.807, 2.05) is 6.92 Å². The van der Waals surface area contributed by atoms with Crippen molar-refractivity contribution in [2.75, 3.05) is 0 Å². The molecule has 1 aliphatic rings.